The Hall–Kier alpha value is -0.730. The van der Waals surface area contributed by atoms with Crippen molar-refractivity contribution in [1.82, 2.24) is 10.6 Å². The van der Waals surface area contributed by atoms with E-state index in [1.165, 1.54) is 44.9 Å². The van der Waals surface area contributed by atoms with Gasteiger partial charge in [0.1, 0.15) is 0 Å². The first-order chi connectivity index (χ1) is 7.85. The number of nitrogens with one attached hydrogen (secondary N) is 2. The Kier molecular flexibility index (Phi) is 4.08. The van der Waals surface area contributed by atoms with Gasteiger partial charge in [0.25, 0.3) is 0 Å². The van der Waals surface area contributed by atoms with Crippen LogP contribution in [0.25, 0.3) is 0 Å². The summed E-state index contributed by atoms with van der Waals surface area (Å²) in [4.78, 5) is 4.47. The van der Waals surface area contributed by atoms with E-state index in [0.29, 0.717) is 5.41 Å². The van der Waals surface area contributed by atoms with Gasteiger partial charge in [-0.2, -0.15) is 0 Å². The lowest BCUT2D eigenvalue weighted by molar-refractivity contribution is 0.182. The summed E-state index contributed by atoms with van der Waals surface area (Å²) in [7, 11) is 0. The molecule has 3 nitrogen and oxygen atoms in total. The van der Waals surface area contributed by atoms with Gasteiger partial charge in [0, 0.05) is 19.6 Å². The lowest BCUT2D eigenvalue weighted by atomic mass is 9.72. The van der Waals surface area contributed by atoms with Gasteiger partial charge in [0.2, 0.25) is 0 Å². The first-order valence-electron chi connectivity index (χ1n) is 6.87. The van der Waals surface area contributed by atoms with Gasteiger partial charge in [-0.25, -0.2) is 0 Å². The fourth-order valence-corrected chi connectivity index (χ4v) is 2.88. The summed E-state index contributed by atoms with van der Waals surface area (Å²) in [5, 5.41) is 6.86. The van der Waals surface area contributed by atoms with Crippen LogP contribution in [0.5, 0.6) is 0 Å². The molecule has 0 bridgehead atoms. The van der Waals surface area contributed by atoms with E-state index >= 15 is 0 Å². The van der Waals surface area contributed by atoms with Gasteiger partial charge in [-0.15, -0.1) is 0 Å². The zero-order valence-electron chi connectivity index (χ0n) is 10.5. The Bertz CT molecular complexity index is 242. The molecule has 0 amide bonds. The second-order valence-corrected chi connectivity index (χ2v) is 5.28. The highest BCUT2D eigenvalue weighted by molar-refractivity contribution is 5.80. The number of hydrogen-bond donors (Lipinski definition) is 2. The standard InChI is InChI=1S/C13H25N3/c1-2-13(7-4-3-5-8-13)11-16-12-14-9-6-10-15-12/h2-11H2,1H3,(H2,14,15,16). The minimum Gasteiger partial charge on any atom is -0.356 e. The van der Waals surface area contributed by atoms with Crippen LogP contribution in [0.4, 0.5) is 0 Å². The Morgan fingerprint density at radius 3 is 2.69 bits per heavy atom. The molecule has 1 aliphatic carbocycles. The predicted molar refractivity (Wildman–Crippen MR) is 68.7 cm³/mol. The van der Waals surface area contributed by atoms with Crippen molar-refractivity contribution < 1.29 is 0 Å². The van der Waals surface area contributed by atoms with E-state index < -0.39 is 0 Å². The van der Waals surface area contributed by atoms with Crippen molar-refractivity contribution in [3.8, 4) is 0 Å². The van der Waals surface area contributed by atoms with Gasteiger partial charge in [0.05, 0.1) is 0 Å². The molecule has 0 unspecified atom stereocenters. The second-order valence-electron chi connectivity index (χ2n) is 5.28. The van der Waals surface area contributed by atoms with E-state index in [1.54, 1.807) is 0 Å². The summed E-state index contributed by atoms with van der Waals surface area (Å²) in [6.07, 6.45) is 9.51. The average molecular weight is 223 g/mol. The Morgan fingerprint density at radius 1 is 1.25 bits per heavy atom. The van der Waals surface area contributed by atoms with Gasteiger partial charge in [-0.05, 0) is 31.1 Å². The number of rotatable bonds is 3. The molecule has 1 aliphatic heterocycles. The monoisotopic (exact) mass is 223 g/mol. The van der Waals surface area contributed by atoms with Crippen LogP contribution in [0.15, 0.2) is 4.99 Å². The van der Waals surface area contributed by atoms with Crippen molar-refractivity contribution in [2.24, 2.45) is 10.4 Å². The van der Waals surface area contributed by atoms with Crippen molar-refractivity contribution in [1.29, 1.82) is 0 Å². The normalized spacial score (nSPS) is 24.4. The molecule has 1 heterocycles. The van der Waals surface area contributed by atoms with Gasteiger partial charge < -0.3 is 10.6 Å². The molecule has 1 saturated carbocycles. The highest BCUT2D eigenvalue weighted by Gasteiger charge is 2.30. The van der Waals surface area contributed by atoms with Crippen molar-refractivity contribution >= 4 is 5.96 Å². The quantitative estimate of drug-likeness (QED) is 0.770. The van der Waals surface area contributed by atoms with Gasteiger partial charge in [0.15, 0.2) is 5.96 Å². The highest BCUT2D eigenvalue weighted by Crippen LogP contribution is 2.38. The zero-order chi connectivity index (χ0) is 11.3. The molecule has 0 aromatic rings. The number of aliphatic imine (C=N–C) groups is 1. The molecule has 0 spiro atoms. The largest absolute Gasteiger partial charge is 0.356 e. The molecule has 2 rings (SSSR count). The van der Waals surface area contributed by atoms with Crippen molar-refractivity contribution in [2.75, 3.05) is 19.6 Å². The maximum absolute atomic E-state index is 4.47. The van der Waals surface area contributed by atoms with E-state index in [0.717, 1.165) is 25.6 Å². The molecule has 0 radical (unpaired) electrons. The highest BCUT2D eigenvalue weighted by atomic mass is 15.2. The maximum atomic E-state index is 4.47. The van der Waals surface area contributed by atoms with Crippen molar-refractivity contribution in [2.45, 2.75) is 51.9 Å². The topological polar surface area (TPSA) is 36.4 Å². The smallest absolute Gasteiger partial charge is 0.191 e. The third-order valence-electron chi connectivity index (χ3n) is 4.19. The number of guanidine groups is 1. The van der Waals surface area contributed by atoms with Crippen LogP contribution >= 0.6 is 0 Å². The summed E-state index contributed by atoms with van der Waals surface area (Å²) in [6.45, 7) is 5.50. The third-order valence-corrected chi connectivity index (χ3v) is 4.19. The van der Waals surface area contributed by atoms with Gasteiger partial charge >= 0.3 is 0 Å². The van der Waals surface area contributed by atoms with E-state index in [1.807, 2.05) is 0 Å². The lowest BCUT2D eigenvalue weighted by Gasteiger charge is -2.37. The van der Waals surface area contributed by atoms with E-state index in [9.17, 15) is 0 Å². The molecule has 0 aromatic heterocycles. The molecular formula is C13H25N3. The first kappa shape index (κ1) is 11.7. The second kappa shape index (κ2) is 5.55. The molecular weight excluding hydrogens is 198 g/mol. The summed E-state index contributed by atoms with van der Waals surface area (Å²) in [5.74, 6) is 1.03. The Labute approximate surface area is 99.1 Å². The molecule has 2 N–H and O–H groups in total. The minimum atomic E-state index is 0.542. The van der Waals surface area contributed by atoms with Crippen LogP contribution in [-0.2, 0) is 0 Å². The minimum absolute atomic E-state index is 0.542. The van der Waals surface area contributed by atoms with Gasteiger partial charge in [-0.3, -0.25) is 4.99 Å². The first-order valence-corrected chi connectivity index (χ1v) is 6.87. The SMILES string of the molecule is CCC1(CNC2=NCCCN2)CCCCC1. The molecule has 16 heavy (non-hydrogen) atoms. The summed E-state index contributed by atoms with van der Waals surface area (Å²) >= 11 is 0. The van der Waals surface area contributed by atoms with Crippen LogP contribution in [0.2, 0.25) is 0 Å². The van der Waals surface area contributed by atoms with E-state index in [4.69, 9.17) is 0 Å². The molecule has 0 saturated heterocycles. The molecule has 0 atom stereocenters. The fourth-order valence-electron chi connectivity index (χ4n) is 2.88. The summed E-state index contributed by atoms with van der Waals surface area (Å²) in [5.41, 5.74) is 0.542. The van der Waals surface area contributed by atoms with Crippen LogP contribution in [0, 0.1) is 5.41 Å². The van der Waals surface area contributed by atoms with Crippen LogP contribution in [0.3, 0.4) is 0 Å². The average Bonchev–Trinajstić information content (AvgIpc) is 2.39. The van der Waals surface area contributed by atoms with Crippen LogP contribution in [-0.4, -0.2) is 25.6 Å². The fraction of sp³-hybridized carbons (Fsp3) is 0.923. The van der Waals surface area contributed by atoms with Crippen molar-refractivity contribution in [3.05, 3.63) is 0 Å². The van der Waals surface area contributed by atoms with Crippen molar-refractivity contribution in [3.63, 3.8) is 0 Å². The Morgan fingerprint density at radius 2 is 2.06 bits per heavy atom. The molecule has 92 valence electrons. The predicted octanol–water partition coefficient (Wildman–Crippen LogP) is 2.29. The Balaban J connectivity index is 1.83. The van der Waals surface area contributed by atoms with Crippen LogP contribution < -0.4 is 10.6 Å². The summed E-state index contributed by atoms with van der Waals surface area (Å²) in [6, 6.07) is 0. The van der Waals surface area contributed by atoms with Gasteiger partial charge in [-0.1, -0.05) is 26.2 Å². The lowest BCUT2D eigenvalue weighted by Crippen LogP contribution is -2.46. The van der Waals surface area contributed by atoms with E-state index in [-0.39, 0.29) is 0 Å². The molecule has 3 heteroatoms. The number of nitrogens with zero attached hydrogens (tertiary/aromatic N) is 1. The molecule has 1 fully saturated rings. The maximum Gasteiger partial charge on any atom is 0.191 e. The number of hydrogen-bond acceptors (Lipinski definition) is 3. The van der Waals surface area contributed by atoms with E-state index in [2.05, 4.69) is 22.5 Å². The summed E-state index contributed by atoms with van der Waals surface area (Å²) < 4.78 is 0. The zero-order valence-corrected chi connectivity index (χ0v) is 10.5. The van der Waals surface area contributed by atoms with Crippen LogP contribution in [0.1, 0.15) is 51.9 Å². The third kappa shape index (κ3) is 2.89. The molecule has 2 aliphatic rings. The molecule has 0 aromatic carbocycles.